The summed E-state index contributed by atoms with van der Waals surface area (Å²) in [7, 11) is 0. The third kappa shape index (κ3) is 7.03. The number of aliphatic hydroxyl groups excluding tert-OH is 1. The van der Waals surface area contributed by atoms with Crippen LogP contribution in [0.3, 0.4) is 0 Å². The number of nitrogens with zero attached hydrogens (tertiary/aromatic N) is 1. The summed E-state index contributed by atoms with van der Waals surface area (Å²) in [5.41, 5.74) is 0.391. The van der Waals surface area contributed by atoms with E-state index in [0.717, 1.165) is 13.1 Å². The summed E-state index contributed by atoms with van der Waals surface area (Å²) in [6.07, 6.45) is 1.19. The molecule has 0 radical (unpaired) electrons. The minimum Gasteiger partial charge on any atom is -0.395 e. The molecule has 0 aliphatic rings. The van der Waals surface area contributed by atoms with Crippen molar-refractivity contribution in [1.29, 1.82) is 0 Å². The Balaban J connectivity index is 3.82. The average molecular weight is 187 g/mol. The van der Waals surface area contributed by atoms with Crippen LogP contribution in [0.15, 0.2) is 0 Å². The lowest BCUT2D eigenvalue weighted by molar-refractivity contribution is 0.148. The van der Waals surface area contributed by atoms with Gasteiger partial charge in [0.2, 0.25) is 0 Å². The molecular formula is C11H25NO. The van der Waals surface area contributed by atoms with E-state index < -0.39 is 0 Å². The molecule has 0 bridgehead atoms. The van der Waals surface area contributed by atoms with Crippen LogP contribution < -0.4 is 0 Å². The maximum Gasteiger partial charge on any atom is 0.0558 e. The molecule has 13 heavy (non-hydrogen) atoms. The Morgan fingerprint density at radius 3 is 2.00 bits per heavy atom. The maximum absolute atomic E-state index is 8.87. The van der Waals surface area contributed by atoms with Crippen LogP contribution in [0.5, 0.6) is 0 Å². The van der Waals surface area contributed by atoms with Crippen molar-refractivity contribution < 1.29 is 5.11 Å². The maximum atomic E-state index is 8.87. The zero-order valence-corrected chi connectivity index (χ0v) is 9.80. The highest BCUT2D eigenvalue weighted by molar-refractivity contribution is 4.68. The van der Waals surface area contributed by atoms with Gasteiger partial charge in [0.1, 0.15) is 0 Å². The van der Waals surface area contributed by atoms with Crippen molar-refractivity contribution in [3.8, 4) is 0 Å². The third-order valence-electron chi connectivity index (χ3n) is 2.27. The summed E-state index contributed by atoms with van der Waals surface area (Å²) in [5, 5.41) is 8.87. The van der Waals surface area contributed by atoms with Crippen molar-refractivity contribution in [3.05, 3.63) is 0 Å². The number of hydrogen-bond acceptors (Lipinski definition) is 2. The van der Waals surface area contributed by atoms with Crippen LogP contribution in [0.1, 0.15) is 41.0 Å². The number of aliphatic hydroxyl groups is 1. The van der Waals surface area contributed by atoms with Gasteiger partial charge in [0, 0.05) is 12.6 Å². The van der Waals surface area contributed by atoms with E-state index in [-0.39, 0.29) is 6.61 Å². The van der Waals surface area contributed by atoms with E-state index in [2.05, 4.69) is 39.5 Å². The zero-order chi connectivity index (χ0) is 10.5. The largest absolute Gasteiger partial charge is 0.395 e. The fourth-order valence-corrected chi connectivity index (χ4v) is 1.24. The number of hydrogen-bond donors (Lipinski definition) is 1. The lowest BCUT2D eigenvalue weighted by atomic mass is 9.92. The average Bonchev–Trinajstić information content (AvgIpc) is 1.95. The van der Waals surface area contributed by atoms with Gasteiger partial charge in [-0.3, -0.25) is 4.90 Å². The molecule has 0 aliphatic heterocycles. The van der Waals surface area contributed by atoms with Crippen LogP contribution in [0, 0.1) is 5.41 Å². The van der Waals surface area contributed by atoms with Crippen LogP contribution in [-0.2, 0) is 0 Å². The monoisotopic (exact) mass is 187 g/mol. The van der Waals surface area contributed by atoms with Crippen molar-refractivity contribution in [1.82, 2.24) is 4.90 Å². The molecule has 0 saturated heterocycles. The second-order valence-corrected chi connectivity index (χ2v) is 5.16. The van der Waals surface area contributed by atoms with Gasteiger partial charge in [-0.05, 0) is 32.2 Å². The van der Waals surface area contributed by atoms with E-state index in [1.54, 1.807) is 0 Å². The number of rotatable bonds is 5. The molecule has 0 aromatic rings. The zero-order valence-electron chi connectivity index (χ0n) is 9.80. The Kier molecular flexibility index (Phi) is 5.57. The van der Waals surface area contributed by atoms with Crippen LogP contribution in [0.4, 0.5) is 0 Å². The molecule has 0 amide bonds. The fourth-order valence-electron chi connectivity index (χ4n) is 1.24. The normalized spacial score (nSPS) is 12.9. The Morgan fingerprint density at radius 2 is 1.69 bits per heavy atom. The molecule has 0 rings (SSSR count). The van der Waals surface area contributed by atoms with Gasteiger partial charge in [-0.2, -0.15) is 0 Å². The lowest BCUT2D eigenvalue weighted by Gasteiger charge is -2.29. The van der Waals surface area contributed by atoms with Gasteiger partial charge in [0.25, 0.3) is 0 Å². The molecule has 0 saturated carbocycles. The van der Waals surface area contributed by atoms with Crippen LogP contribution in [0.2, 0.25) is 0 Å². The second-order valence-electron chi connectivity index (χ2n) is 5.16. The van der Waals surface area contributed by atoms with Crippen LogP contribution >= 0.6 is 0 Å². The van der Waals surface area contributed by atoms with E-state index in [1.807, 2.05) is 0 Å². The van der Waals surface area contributed by atoms with E-state index >= 15 is 0 Å². The molecule has 0 spiro atoms. The van der Waals surface area contributed by atoms with Crippen LogP contribution in [0.25, 0.3) is 0 Å². The summed E-state index contributed by atoms with van der Waals surface area (Å²) >= 11 is 0. The molecule has 0 unspecified atom stereocenters. The van der Waals surface area contributed by atoms with Crippen molar-refractivity contribution in [2.75, 3.05) is 19.7 Å². The smallest absolute Gasteiger partial charge is 0.0558 e. The van der Waals surface area contributed by atoms with Crippen molar-refractivity contribution in [2.45, 2.75) is 47.1 Å². The summed E-state index contributed by atoms with van der Waals surface area (Å²) in [5.74, 6) is 0. The molecule has 0 aliphatic carbocycles. The van der Waals surface area contributed by atoms with Crippen LogP contribution in [-0.4, -0.2) is 35.7 Å². The van der Waals surface area contributed by atoms with Gasteiger partial charge in [0.05, 0.1) is 6.61 Å². The Labute approximate surface area is 82.9 Å². The van der Waals surface area contributed by atoms with Gasteiger partial charge < -0.3 is 5.11 Å². The fraction of sp³-hybridized carbons (Fsp3) is 1.00. The summed E-state index contributed by atoms with van der Waals surface area (Å²) in [6, 6.07) is 0.537. The van der Waals surface area contributed by atoms with Gasteiger partial charge in [-0.1, -0.05) is 20.8 Å². The predicted molar refractivity (Wildman–Crippen MR) is 57.9 cm³/mol. The first-order chi connectivity index (χ1) is 5.87. The molecular weight excluding hydrogens is 162 g/mol. The molecule has 0 heterocycles. The van der Waals surface area contributed by atoms with E-state index in [4.69, 9.17) is 5.11 Å². The standard InChI is InChI=1S/C11H25NO/c1-10(2)12(8-9-13)7-6-11(3,4)5/h10,13H,6-9H2,1-5H3. The first kappa shape index (κ1) is 12.9. The highest BCUT2D eigenvalue weighted by atomic mass is 16.3. The van der Waals surface area contributed by atoms with E-state index in [1.165, 1.54) is 6.42 Å². The first-order valence-corrected chi connectivity index (χ1v) is 5.22. The first-order valence-electron chi connectivity index (χ1n) is 5.22. The van der Waals surface area contributed by atoms with Crippen molar-refractivity contribution in [2.24, 2.45) is 5.41 Å². The predicted octanol–water partition coefficient (Wildman–Crippen LogP) is 2.13. The molecule has 2 nitrogen and oxygen atoms in total. The topological polar surface area (TPSA) is 23.5 Å². The van der Waals surface area contributed by atoms with Gasteiger partial charge in [0.15, 0.2) is 0 Å². The minimum atomic E-state index is 0.266. The Hall–Kier alpha value is -0.0800. The molecule has 0 atom stereocenters. The quantitative estimate of drug-likeness (QED) is 0.712. The van der Waals surface area contributed by atoms with E-state index in [0.29, 0.717) is 11.5 Å². The van der Waals surface area contributed by atoms with E-state index in [9.17, 15) is 0 Å². The van der Waals surface area contributed by atoms with Crippen molar-refractivity contribution >= 4 is 0 Å². The second kappa shape index (κ2) is 5.61. The van der Waals surface area contributed by atoms with Gasteiger partial charge in [-0.15, -0.1) is 0 Å². The highest BCUT2D eigenvalue weighted by Gasteiger charge is 2.14. The Bertz CT molecular complexity index is 127. The molecule has 0 aromatic carbocycles. The summed E-state index contributed by atoms with van der Waals surface area (Å²) in [6.45, 7) is 13.3. The molecule has 2 heteroatoms. The molecule has 0 aromatic heterocycles. The highest BCUT2D eigenvalue weighted by Crippen LogP contribution is 2.19. The molecule has 80 valence electrons. The third-order valence-corrected chi connectivity index (χ3v) is 2.27. The minimum absolute atomic E-state index is 0.266. The summed E-state index contributed by atoms with van der Waals surface area (Å²) in [4.78, 5) is 2.32. The van der Waals surface area contributed by atoms with Crippen molar-refractivity contribution in [3.63, 3.8) is 0 Å². The lowest BCUT2D eigenvalue weighted by Crippen LogP contribution is -2.35. The SMILES string of the molecule is CC(C)N(CCO)CCC(C)(C)C. The molecule has 1 N–H and O–H groups in total. The summed E-state index contributed by atoms with van der Waals surface area (Å²) < 4.78 is 0. The Morgan fingerprint density at radius 1 is 1.15 bits per heavy atom. The molecule has 0 fully saturated rings. The van der Waals surface area contributed by atoms with Gasteiger partial charge >= 0.3 is 0 Å². The van der Waals surface area contributed by atoms with Gasteiger partial charge in [-0.25, -0.2) is 0 Å².